The molecule has 1 aromatic carbocycles. The van der Waals surface area contributed by atoms with Gasteiger partial charge in [-0.15, -0.1) is 0 Å². The van der Waals surface area contributed by atoms with Crippen molar-refractivity contribution in [1.29, 1.82) is 0 Å². The standard InChI is InChI=1S/C13H12ClNO3/c1-3-18-13(17)9-6-15-11-8(12(9)16)4-7(2)5-10(11)14/h4-6,9H,3H2,1-2H3. The second-order valence-corrected chi connectivity index (χ2v) is 4.42. The average molecular weight is 266 g/mol. The van der Waals surface area contributed by atoms with Crippen LogP contribution in [0.2, 0.25) is 5.02 Å². The van der Waals surface area contributed by atoms with Gasteiger partial charge in [0.25, 0.3) is 0 Å². The molecule has 0 spiro atoms. The number of rotatable bonds is 2. The van der Waals surface area contributed by atoms with Gasteiger partial charge in [0.2, 0.25) is 0 Å². The fraction of sp³-hybridized carbons (Fsp3) is 0.308. The smallest absolute Gasteiger partial charge is 0.322 e. The zero-order chi connectivity index (χ0) is 13.3. The summed E-state index contributed by atoms with van der Waals surface area (Å²) in [4.78, 5) is 27.9. The highest BCUT2D eigenvalue weighted by Gasteiger charge is 2.32. The molecule has 1 unspecified atom stereocenters. The number of Topliss-reactive ketones (excluding diaryl/α,β-unsaturated/α-hetero) is 1. The Hall–Kier alpha value is -1.68. The fourth-order valence-electron chi connectivity index (χ4n) is 1.84. The molecule has 1 aromatic rings. The van der Waals surface area contributed by atoms with Gasteiger partial charge < -0.3 is 4.74 Å². The van der Waals surface area contributed by atoms with Crippen molar-refractivity contribution in [3.63, 3.8) is 0 Å². The Kier molecular flexibility index (Phi) is 3.48. The summed E-state index contributed by atoms with van der Waals surface area (Å²) in [6, 6.07) is 3.42. The maximum absolute atomic E-state index is 12.2. The Morgan fingerprint density at radius 2 is 2.22 bits per heavy atom. The van der Waals surface area contributed by atoms with Crippen LogP contribution in [0.25, 0.3) is 0 Å². The lowest BCUT2D eigenvalue weighted by atomic mass is 9.93. The van der Waals surface area contributed by atoms with E-state index < -0.39 is 11.9 Å². The Bertz CT molecular complexity index is 551. The summed E-state index contributed by atoms with van der Waals surface area (Å²) >= 11 is 6.02. The lowest BCUT2D eigenvalue weighted by Crippen LogP contribution is -2.29. The summed E-state index contributed by atoms with van der Waals surface area (Å²) in [5.74, 6) is -1.85. The van der Waals surface area contributed by atoms with Crippen molar-refractivity contribution in [2.45, 2.75) is 13.8 Å². The monoisotopic (exact) mass is 265 g/mol. The number of aliphatic imine (C=N–C) groups is 1. The van der Waals surface area contributed by atoms with E-state index in [1.54, 1.807) is 19.1 Å². The quantitative estimate of drug-likeness (QED) is 0.610. The highest BCUT2D eigenvalue weighted by molar-refractivity contribution is 6.35. The molecule has 0 aliphatic carbocycles. The number of esters is 1. The Morgan fingerprint density at radius 1 is 1.50 bits per heavy atom. The van der Waals surface area contributed by atoms with Crippen LogP contribution in [0.3, 0.4) is 0 Å². The summed E-state index contributed by atoms with van der Waals surface area (Å²) in [7, 11) is 0. The van der Waals surface area contributed by atoms with Gasteiger partial charge in [0.15, 0.2) is 11.7 Å². The van der Waals surface area contributed by atoms with Gasteiger partial charge >= 0.3 is 5.97 Å². The van der Waals surface area contributed by atoms with E-state index in [0.717, 1.165) is 5.56 Å². The predicted molar refractivity (Wildman–Crippen MR) is 68.8 cm³/mol. The van der Waals surface area contributed by atoms with Crippen molar-refractivity contribution >= 4 is 35.3 Å². The maximum Gasteiger partial charge on any atom is 0.322 e. The number of halogens is 1. The van der Waals surface area contributed by atoms with Crippen LogP contribution >= 0.6 is 11.6 Å². The van der Waals surface area contributed by atoms with E-state index in [9.17, 15) is 9.59 Å². The van der Waals surface area contributed by atoms with Crippen molar-refractivity contribution in [1.82, 2.24) is 0 Å². The van der Waals surface area contributed by atoms with Crippen LogP contribution in [0.15, 0.2) is 17.1 Å². The molecule has 94 valence electrons. The lowest BCUT2D eigenvalue weighted by Gasteiger charge is -2.17. The topological polar surface area (TPSA) is 55.7 Å². The van der Waals surface area contributed by atoms with Crippen LogP contribution in [-0.4, -0.2) is 24.6 Å². The maximum atomic E-state index is 12.2. The van der Waals surface area contributed by atoms with Crippen molar-refractivity contribution in [3.05, 3.63) is 28.3 Å². The first-order chi connectivity index (χ1) is 8.54. The van der Waals surface area contributed by atoms with E-state index in [4.69, 9.17) is 16.3 Å². The van der Waals surface area contributed by atoms with Gasteiger partial charge in [0, 0.05) is 11.8 Å². The van der Waals surface area contributed by atoms with Crippen molar-refractivity contribution < 1.29 is 14.3 Å². The van der Waals surface area contributed by atoms with E-state index in [0.29, 0.717) is 16.3 Å². The molecular weight excluding hydrogens is 254 g/mol. The molecule has 0 N–H and O–H groups in total. The molecule has 18 heavy (non-hydrogen) atoms. The summed E-state index contributed by atoms with van der Waals surface area (Å²) in [6.07, 6.45) is 1.30. The molecule has 1 heterocycles. The summed E-state index contributed by atoms with van der Waals surface area (Å²) in [5, 5.41) is 0.414. The number of hydrogen-bond donors (Lipinski definition) is 0. The fourth-order valence-corrected chi connectivity index (χ4v) is 2.16. The zero-order valence-corrected chi connectivity index (χ0v) is 10.8. The molecule has 1 atom stereocenters. The van der Waals surface area contributed by atoms with E-state index >= 15 is 0 Å². The van der Waals surface area contributed by atoms with E-state index in [-0.39, 0.29) is 12.4 Å². The Labute approximate surface area is 110 Å². The van der Waals surface area contributed by atoms with Crippen LogP contribution in [0.5, 0.6) is 0 Å². The van der Waals surface area contributed by atoms with Gasteiger partial charge in [-0.05, 0) is 31.5 Å². The molecular formula is C13H12ClNO3. The normalized spacial score (nSPS) is 17.5. The Balaban J connectivity index is 2.43. The minimum Gasteiger partial charge on any atom is -0.465 e. The number of nitrogens with zero attached hydrogens (tertiary/aromatic N) is 1. The highest BCUT2D eigenvalue weighted by Crippen LogP contribution is 2.34. The Morgan fingerprint density at radius 3 is 2.89 bits per heavy atom. The molecule has 2 rings (SSSR count). The molecule has 0 saturated carbocycles. The first kappa shape index (κ1) is 12.8. The number of carbonyl (C=O) groups excluding carboxylic acids is 2. The van der Waals surface area contributed by atoms with E-state index in [2.05, 4.69) is 4.99 Å². The third-order valence-corrected chi connectivity index (χ3v) is 2.94. The van der Waals surface area contributed by atoms with Crippen LogP contribution in [-0.2, 0) is 9.53 Å². The second kappa shape index (κ2) is 4.90. The van der Waals surface area contributed by atoms with Crippen LogP contribution in [0, 0.1) is 12.8 Å². The largest absolute Gasteiger partial charge is 0.465 e. The van der Waals surface area contributed by atoms with E-state index in [1.165, 1.54) is 6.21 Å². The minimum atomic E-state index is -0.963. The lowest BCUT2D eigenvalue weighted by molar-refractivity contribution is -0.143. The summed E-state index contributed by atoms with van der Waals surface area (Å²) in [6.45, 7) is 3.76. The van der Waals surface area contributed by atoms with Crippen LogP contribution in [0.1, 0.15) is 22.8 Å². The molecule has 0 bridgehead atoms. The number of hydrogen-bond acceptors (Lipinski definition) is 4. The van der Waals surface area contributed by atoms with Crippen LogP contribution in [0.4, 0.5) is 5.69 Å². The van der Waals surface area contributed by atoms with Gasteiger partial charge in [-0.3, -0.25) is 14.6 Å². The molecule has 0 aromatic heterocycles. The number of aryl methyl sites for hydroxylation is 1. The molecule has 0 fully saturated rings. The summed E-state index contributed by atoms with van der Waals surface area (Å²) < 4.78 is 4.84. The number of ketones is 1. The second-order valence-electron chi connectivity index (χ2n) is 4.02. The highest BCUT2D eigenvalue weighted by atomic mass is 35.5. The zero-order valence-electron chi connectivity index (χ0n) is 10.1. The predicted octanol–water partition coefficient (Wildman–Crippen LogP) is 2.73. The van der Waals surface area contributed by atoms with Gasteiger partial charge in [0.1, 0.15) is 0 Å². The average Bonchev–Trinajstić information content (AvgIpc) is 2.30. The number of ether oxygens (including phenoxy) is 1. The van der Waals surface area contributed by atoms with Gasteiger partial charge in [0.05, 0.1) is 17.3 Å². The third kappa shape index (κ3) is 2.16. The first-order valence-corrected chi connectivity index (χ1v) is 5.97. The van der Waals surface area contributed by atoms with Gasteiger partial charge in [-0.25, -0.2) is 0 Å². The van der Waals surface area contributed by atoms with Crippen molar-refractivity contribution in [3.8, 4) is 0 Å². The minimum absolute atomic E-state index is 0.234. The van der Waals surface area contributed by atoms with Crippen molar-refractivity contribution in [2.75, 3.05) is 6.61 Å². The first-order valence-electron chi connectivity index (χ1n) is 5.59. The van der Waals surface area contributed by atoms with Crippen molar-refractivity contribution in [2.24, 2.45) is 10.9 Å². The van der Waals surface area contributed by atoms with Gasteiger partial charge in [-0.2, -0.15) is 0 Å². The number of fused-ring (bicyclic) bond motifs is 1. The summed E-state index contributed by atoms with van der Waals surface area (Å²) in [5.41, 5.74) is 1.65. The molecule has 0 saturated heterocycles. The number of carbonyl (C=O) groups is 2. The molecule has 0 radical (unpaired) electrons. The molecule has 1 aliphatic heterocycles. The SMILES string of the molecule is CCOC(=O)C1C=Nc2c(Cl)cc(C)cc2C1=O. The van der Waals surface area contributed by atoms with E-state index in [1.807, 2.05) is 6.92 Å². The molecule has 1 aliphatic rings. The molecule has 0 amide bonds. The third-order valence-electron chi connectivity index (χ3n) is 2.65. The number of benzene rings is 1. The van der Waals surface area contributed by atoms with Gasteiger partial charge in [-0.1, -0.05) is 11.6 Å². The molecule has 5 heteroatoms. The van der Waals surface area contributed by atoms with Crippen LogP contribution < -0.4 is 0 Å². The molecule has 4 nitrogen and oxygen atoms in total.